The number of allylic oxidation sites excluding steroid dienone is 1. The number of ketones is 1. The van der Waals surface area contributed by atoms with Crippen LogP contribution in [0.15, 0.2) is 29.9 Å². The summed E-state index contributed by atoms with van der Waals surface area (Å²) in [6, 6.07) is 3.16. The molecule has 0 bridgehead atoms. The van der Waals surface area contributed by atoms with Crippen LogP contribution in [0, 0.1) is 0 Å². The van der Waals surface area contributed by atoms with E-state index in [4.69, 9.17) is 31.5 Å². The molecule has 2 unspecified atom stereocenters. The second kappa shape index (κ2) is 11.4. The van der Waals surface area contributed by atoms with E-state index in [2.05, 4.69) is 0 Å². The fraction of sp³-hybridized carbons (Fsp3) is 0.500. The van der Waals surface area contributed by atoms with Crippen molar-refractivity contribution in [2.75, 3.05) is 25.9 Å². The number of esters is 1. The Bertz CT molecular complexity index is 1080. The Morgan fingerprint density at radius 3 is 2.64 bits per heavy atom. The highest BCUT2D eigenvalue weighted by molar-refractivity contribution is 6.60. The predicted molar refractivity (Wildman–Crippen MR) is 134 cm³/mol. The summed E-state index contributed by atoms with van der Waals surface area (Å²) in [7, 11) is 8.43. The first-order valence-electron chi connectivity index (χ1n) is 11.7. The van der Waals surface area contributed by atoms with Crippen LogP contribution >= 0.6 is 0 Å². The Kier molecular flexibility index (Phi) is 8.76. The molecule has 0 N–H and O–H groups in total. The van der Waals surface area contributed by atoms with E-state index in [9.17, 15) is 14.4 Å². The van der Waals surface area contributed by atoms with Gasteiger partial charge in [-0.05, 0) is 51.3 Å². The smallest absolute Gasteiger partial charge is 0.343 e. The molecule has 2 heterocycles. The van der Waals surface area contributed by atoms with Gasteiger partial charge in [-0.2, -0.15) is 0 Å². The second-order valence-electron chi connectivity index (χ2n) is 9.26. The van der Waals surface area contributed by atoms with Crippen molar-refractivity contribution in [3.63, 3.8) is 0 Å². The minimum atomic E-state index is -0.908. The maximum Gasteiger partial charge on any atom is 0.343 e. The van der Waals surface area contributed by atoms with Gasteiger partial charge >= 0.3 is 5.97 Å². The van der Waals surface area contributed by atoms with Crippen molar-refractivity contribution in [3.8, 4) is 5.75 Å². The quantitative estimate of drug-likeness (QED) is 0.268. The molecule has 192 valence electrons. The average molecular weight is 497 g/mol. The molecule has 2 aliphatic heterocycles. The lowest BCUT2D eigenvalue weighted by molar-refractivity contribution is -0.154. The summed E-state index contributed by atoms with van der Waals surface area (Å²) in [5.74, 6) is -2.17. The third-order valence-electron chi connectivity index (χ3n) is 6.09. The van der Waals surface area contributed by atoms with Gasteiger partial charge in [-0.25, -0.2) is 4.79 Å². The van der Waals surface area contributed by atoms with Gasteiger partial charge in [-0.1, -0.05) is 18.2 Å². The summed E-state index contributed by atoms with van der Waals surface area (Å²) in [4.78, 5) is 39.3. The van der Waals surface area contributed by atoms with E-state index >= 15 is 0 Å². The number of methoxy groups -OCH3 is 1. The molecule has 36 heavy (non-hydrogen) atoms. The van der Waals surface area contributed by atoms with Crippen LogP contribution in [-0.2, 0) is 23.7 Å². The number of benzene rings is 1. The molecular weight excluding hydrogens is 465 g/mol. The maximum absolute atomic E-state index is 13.3. The molecule has 3 atom stereocenters. The van der Waals surface area contributed by atoms with Crippen molar-refractivity contribution in [3.05, 3.63) is 41.0 Å². The highest BCUT2D eigenvalue weighted by Crippen LogP contribution is 2.34. The van der Waals surface area contributed by atoms with Crippen molar-refractivity contribution >= 4 is 37.2 Å². The van der Waals surface area contributed by atoms with Crippen LogP contribution in [0.2, 0.25) is 0 Å². The summed E-state index contributed by atoms with van der Waals surface area (Å²) in [5, 5.41) is 0. The third kappa shape index (κ3) is 6.43. The number of rotatable bonds is 4. The van der Waals surface area contributed by atoms with Crippen molar-refractivity contribution < 1.29 is 38.1 Å². The SMILES string of the molecule is [B]C(=O)N(C)c1cc2c(c(OCOC)c1)C(=O)O[C@@H](C)C(C)=CCC(=O)C1OC(C)(C)OC1CC=C2. The topological polar surface area (TPSA) is 101 Å². The van der Waals surface area contributed by atoms with Gasteiger partial charge in [0.2, 0.25) is 7.85 Å². The number of amides is 1. The van der Waals surface area contributed by atoms with Gasteiger partial charge < -0.3 is 28.6 Å². The fourth-order valence-corrected chi connectivity index (χ4v) is 3.99. The van der Waals surface area contributed by atoms with Gasteiger partial charge in [0.1, 0.15) is 23.5 Å². The second-order valence-corrected chi connectivity index (χ2v) is 9.26. The number of Topliss-reactive ketones (excluding diaryl/α,β-unsaturated/α-hetero) is 1. The number of cyclic esters (lactones) is 1. The summed E-state index contributed by atoms with van der Waals surface area (Å²) in [6.45, 7) is 6.91. The lowest BCUT2D eigenvalue weighted by Crippen LogP contribution is -2.31. The van der Waals surface area contributed by atoms with Gasteiger partial charge in [0.25, 0.3) is 0 Å². The molecule has 2 radical (unpaired) electrons. The monoisotopic (exact) mass is 497 g/mol. The van der Waals surface area contributed by atoms with Crippen molar-refractivity contribution in [1.29, 1.82) is 0 Å². The van der Waals surface area contributed by atoms with Crippen LogP contribution in [0.25, 0.3) is 6.08 Å². The van der Waals surface area contributed by atoms with Crippen LogP contribution in [0.3, 0.4) is 0 Å². The number of fused-ring (bicyclic) bond motifs is 2. The summed E-state index contributed by atoms with van der Waals surface area (Å²) >= 11 is 0. The molecule has 9 nitrogen and oxygen atoms in total. The van der Waals surface area contributed by atoms with Crippen LogP contribution in [-0.4, -0.2) is 70.5 Å². The Morgan fingerprint density at radius 1 is 1.25 bits per heavy atom. The minimum absolute atomic E-state index is 0.116. The Balaban J connectivity index is 2.13. The van der Waals surface area contributed by atoms with Crippen LogP contribution in [0.4, 0.5) is 10.5 Å². The summed E-state index contributed by atoms with van der Waals surface area (Å²) in [5.41, 5.74) is 1.72. The summed E-state index contributed by atoms with van der Waals surface area (Å²) in [6.07, 6.45) is 3.84. The van der Waals surface area contributed by atoms with Gasteiger partial charge in [-0.15, -0.1) is 0 Å². The van der Waals surface area contributed by atoms with Gasteiger partial charge in [0, 0.05) is 32.3 Å². The lowest BCUT2D eigenvalue weighted by atomic mass is 9.99. The van der Waals surface area contributed by atoms with E-state index in [0.29, 0.717) is 23.2 Å². The van der Waals surface area contributed by atoms with Crippen LogP contribution < -0.4 is 9.64 Å². The number of carbonyl (C=O) groups excluding carboxylic acids is 3. The first-order chi connectivity index (χ1) is 16.9. The van der Waals surface area contributed by atoms with E-state index in [0.717, 1.165) is 0 Å². The molecule has 0 aliphatic carbocycles. The molecule has 1 aromatic carbocycles. The number of hydrogen-bond donors (Lipinski definition) is 0. The molecule has 0 aromatic heterocycles. The largest absolute Gasteiger partial charge is 0.467 e. The predicted octanol–water partition coefficient (Wildman–Crippen LogP) is 3.78. The molecule has 2 aliphatic rings. The van der Waals surface area contributed by atoms with Gasteiger partial charge in [0.05, 0.1) is 6.10 Å². The van der Waals surface area contributed by atoms with Crippen LogP contribution in [0.1, 0.15) is 56.5 Å². The van der Waals surface area contributed by atoms with Crippen molar-refractivity contribution in [2.24, 2.45) is 0 Å². The Hall–Kier alpha value is -2.95. The average Bonchev–Trinajstić information content (AvgIpc) is 3.13. The molecule has 10 heteroatoms. The standard InChI is InChI=1S/C26H32BNO8/c1-15-10-11-19(29)23-20(35-26(3,4)36-23)9-7-8-17-12-18(28(5)25(27)31)13-21(33-14-32-6)22(17)24(30)34-16(15)2/h7-8,10,12-13,16,20,23H,9,11,14H2,1-6H3/t16-,20?,23?/m0/s1. The highest BCUT2D eigenvalue weighted by atomic mass is 16.8. The summed E-state index contributed by atoms with van der Waals surface area (Å²) < 4.78 is 28.3. The third-order valence-corrected chi connectivity index (χ3v) is 6.09. The highest BCUT2D eigenvalue weighted by Gasteiger charge is 2.44. The lowest BCUT2D eigenvalue weighted by Gasteiger charge is -2.22. The Morgan fingerprint density at radius 2 is 1.97 bits per heavy atom. The van der Waals surface area contributed by atoms with Gasteiger partial charge in [0.15, 0.2) is 24.2 Å². The van der Waals surface area contributed by atoms with Crippen molar-refractivity contribution in [2.45, 2.75) is 64.6 Å². The molecule has 1 amide bonds. The first-order valence-corrected chi connectivity index (χ1v) is 11.7. The molecule has 0 saturated carbocycles. The van der Waals surface area contributed by atoms with E-state index in [-0.39, 0.29) is 30.3 Å². The van der Waals surface area contributed by atoms with Crippen LogP contribution in [0.5, 0.6) is 5.75 Å². The zero-order valence-corrected chi connectivity index (χ0v) is 21.5. The zero-order valence-electron chi connectivity index (χ0n) is 21.5. The Labute approximate surface area is 212 Å². The number of anilines is 1. The van der Waals surface area contributed by atoms with E-state index in [1.54, 1.807) is 52.0 Å². The van der Waals surface area contributed by atoms with E-state index < -0.39 is 35.9 Å². The van der Waals surface area contributed by atoms with E-state index in [1.165, 1.54) is 25.1 Å². The molecular formula is C26H32BNO8. The molecule has 0 spiro atoms. The van der Waals surface area contributed by atoms with Crippen molar-refractivity contribution in [1.82, 2.24) is 0 Å². The first kappa shape index (κ1) is 27.6. The molecule has 1 aromatic rings. The molecule has 1 saturated heterocycles. The molecule has 1 fully saturated rings. The fourth-order valence-electron chi connectivity index (χ4n) is 3.99. The number of hydrogen-bond acceptors (Lipinski definition) is 8. The van der Waals surface area contributed by atoms with E-state index in [1.807, 2.05) is 0 Å². The molecule has 3 rings (SSSR count). The normalized spacial score (nSPS) is 24.2. The number of nitrogens with zero attached hydrogens (tertiary/aromatic N) is 1. The minimum Gasteiger partial charge on any atom is -0.467 e. The van der Waals surface area contributed by atoms with Gasteiger partial charge in [-0.3, -0.25) is 9.59 Å². The zero-order chi connectivity index (χ0) is 26.6. The number of carbonyl (C=O) groups is 3. The number of ether oxygens (including phenoxy) is 5. The maximum atomic E-state index is 13.3.